The Hall–Kier alpha value is -1.29. The van der Waals surface area contributed by atoms with Gasteiger partial charge in [0.05, 0.1) is 11.1 Å². The maximum absolute atomic E-state index is 6.21. The summed E-state index contributed by atoms with van der Waals surface area (Å²) in [6, 6.07) is 12.4. The third-order valence-electron chi connectivity index (χ3n) is 3.48. The van der Waals surface area contributed by atoms with Gasteiger partial charge in [-0.15, -0.1) is 11.3 Å². The topological polar surface area (TPSA) is 25.2 Å². The SMILES string of the molecule is CCCNC(Cc1cccs1)c1cc2cccc(Cl)c2o1. The van der Waals surface area contributed by atoms with E-state index < -0.39 is 0 Å². The largest absolute Gasteiger partial charge is 0.458 e. The maximum Gasteiger partial charge on any atom is 0.152 e. The summed E-state index contributed by atoms with van der Waals surface area (Å²) in [5.74, 6) is 0.958. The molecule has 2 nitrogen and oxygen atoms in total. The van der Waals surface area contributed by atoms with Crippen LogP contribution in [-0.2, 0) is 6.42 Å². The first-order valence-corrected chi connectivity index (χ1v) is 8.47. The Bertz CT molecular complexity index is 705. The highest BCUT2D eigenvalue weighted by molar-refractivity contribution is 7.09. The fraction of sp³-hybridized carbons (Fsp3) is 0.294. The molecule has 0 saturated heterocycles. The number of furan rings is 1. The van der Waals surface area contributed by atoms with Crippen molar-refractivity contribution in [2.45, 2.75) is 25.8 Å². The molecule has 1 atom stereocenters. The van der Waals surface area contributed by atoms with Crippen molar-refractivity contribution in [1.82, 2.24) is 5.32 Å². The molecule has 3 aromatic rings. The number of nitrogens with one attached hydrogen (secondary N) is 1. The van der Waals surface area contributed by atoms with Gasteiger partial charge in [0.15, 0.2) is 5.58 Å². The molecule has 1 N–H and O–H groups in total. The molecule has 0 bridgehead atoms. The van der Waals surface area contributed by atoms with Crippen molar-refractivity contribution < 1.29 is 4.42 Å². The second-order valence-electron chi connectivity index (χ2n) is 5.10. The number of fused-ring (bicyclic) bond motifs is 1. The van der Waals surface area contributed by atoms with Crippen LogP contribution in [0.5, 0.6) is 0 Å². The number of para-hydroxylation sites is 1. The van der Waals surface area contributed by atoms with Crippen LogP contribution in [0.1, 0.15) is 30.0 Å². The lowest BCUT2D eigenvalue weighted by molar-refractivity contribution is 0.429. The summed E-state index contributed by atoms with van der Waals surface area (Å²) >= 11 is 7.99. The van der Waals surface area contributed by atoms with Gasteiger partial charge in [-0.3, -0.25) is 0 Å². The van der Waals surface area contributed by atoms with Gasteiger partial charge in [-0.05, 0) is 36.5 Å². The van der Waals surface area contributed by atoms with Crippen LogP contribution in [0, 0.1) is 0 Å². The highest BCUT2D eigenvalue weighted by Crippen LogP contribution is 2.31. The standard InChI is InChI=1S/C17H18ClNOS/c1-2-8-19-15(11-13-6-4-9-21-13)16-10-12-5-3-7-14(18)17(12)20-16/h3-7,9-10,15,19H,2,8,11H2,1H3. The Labute approximate surface area is 133 Å². The summed E-state index contributed by atoms with van der Waals surface area (Å²) in [4.78, 5) is 1.36. The number of benzene rings is 1. The van der Waals surface area contributed by atoms with Crippen molar-refractivity contribution >= 4 is 33.9 Å². The van der Waals surface area contributed by atoms with Crippen molar-refractivity contribution in [3.8, 4) is 0 Å². The zero-order valence-corrected chi connectivity index (χ0v) is 13.5. The van der Waals surface area contributed by atoms with Gasteiger partial charge in [-0.2, -0.15) is 0 Å². The monoisotopic (exact) mass is 319 g/mol. The smallest absolute Gasteiger partial charge is 0.152 e. The molecular formula is C17H18ClNOS. The van der Waals surface area contributed by atoms with E-state index in [1.54, 1.807) is 11.3 Å². The van der Waals surface area contributed by atoms with Crippen molar-refractivity contribution in [2.75, 3.05) is 6.54 Å². The number of thiophene rings is 1. The molecule has 0 aliphatic rings. The fourth-order valence-electron chi connectivity index (χ4n) is 2.44. The number of rotatable bonds is 6. The molecule has 1 aromatic carbocycles. The summed E-state index contributed by atoms with van der Waals surface area (Å²) in [5.41, 5.74) is 0.781. The summed E-state index contributed by atoms with van der Waals surface area (Å²) in [7, 11) is 0. The lowest BCUT2D eigenvalue weighted by atomic mass is 10.1. The summed E-state index contributed by atoms with van der Waals surface area (Å²) in [6.45, 7) is 3.14. The Morgan fingerprint density at radius 2 is 2.19 bits per heavy atom. The Morgan fingerprint density at radius 3 is 2.90 bits per heavy atom. The van der Waals surface area contributed by atoms with Crippen LogP contribution in [0.2, 0.25) is 5.02 Å². The molecule has 3 rings (SSSR count). The zero-order valence-electron chi connectivity index (χ0n) is 11.9. The summed E-state index contributed by atoms with van der Waals surface area (Å²) in [5, 5.41) is 7.42. The number of hydrogen-bond donors (Lipinski definition) is 1. The van der Waals surface area contributed by atoms with E-state index >= 15 is 0 Å². The lowest BCUT2D eigenvalue weighted by Gasteiger charge is -2.15. The van der Waals surface area contributed by atoms with E-state index in [4.69, 9.17) is 16.0 Å². The molecule has 21 heavy (non-hydrogen) atoms. The molecule has 0 saturated carbocycles. The fourth-order valence-corrected chi connectivity index (χ4v) is 3.41. The van der Waals surface area contributed by atoms with Crippen molar-refractivity contribution in [3.05, 3.63) is 57.4 Å². The molecule has 2 aromatic heterocycles. The van der Waals surface area contributed by atoms with E-state index in [9.17, 15) is 0 Å². The number of hydrogen-bond acceptors (Lipinski definition) is 3. The quantitative estimate of drug-likeness (QED) is 0.655. The molecule has 0 aliphatic heterocycles. The van der Waals surface area contributed by atoms with Crippen LogP contribution in [0.25, 0.3) is 11.0 Å². The van der Waals surface area contributed by atoms with Gasteiger partial charge >= 0.3 is 0 Å². The third-order valence-corrected chi connectivity index (χ3v) is 4.68. The van der Waals surface area contributed by atoms with Gasteiger partial charge in [0.2, 0.25) is 0 Å². The van der Waals surface area contributed by atoms with Crippen LogP contribution in [-0.4, -0.2) is 6.54 Å². The van der Waals surface area contributed by atoms with Crippen LogP contribution in [0.15, 0.2) is 46.2 Å². The Balaban J connectivity index is 1.91. The molecule has 0 fully saturated rings. The highest BCUT2D eigenvalue weighted by atomic mass is 35.5. The minimum atomic E-state index is 0.187. The summed E-state index contributed by atoms with van der Waals surface area (Å²) in [6.07, 6.45) is 2.04. The zero-order chi connectivity index (χ0) is 14.7. The van der Waals surface area contributed by atoms with Gasteiger partial charge in [-0.25, -0.2) is 0 Å². The van der Waals surface area contributed by atoms with E-state index in [-0.39, 0.29) is 6.04 Å². The summed E-state index contributed by atoms with van der Waals surface area (Å²) < 4.78 is 6.02. The van der Waals surface area contributed by atoms with Crippen molar-refractivity contribution in [3.63, 3.8) is 0 Å². The van der Waals surface area contributed by atoms with Crippen LogP contribution < -0.4 is 5.32 Å². The average molecular weight is 320 g/mol. The van der Waals surface area contributed by atoms with Crippen LogP contribution >= 0.6 is 22.9 Å². The van der Waals surface area contributed by atoms with E-state index in [1.165, 1.54) is 4.88 Å². The molecular weight excluding hydrogens is 302 g/mol. The first kappa shape index (κ1) is 14.6. The molecule has 0 radical (unpaired) electrons. The molecule has 110 valence electrons. The molecule has 0 amide bonds. The molecule has 4 heteroatoms. The first-order valence-electron chi connectivity index (χ1n) is 7.21. The molecule has 1 unspecified atom stereocenters. The first-order chi connectivity index (χ1) is 10.3. The van der Waals surface area contributed by atoms with Gasteiger partial charge in [0, 0.05) is 16.7 Å². The van der Waals surface area contributed by atoms with Crippen LogP contribution in [0.4, 0.5) is 0 Å². The van der Waals surface area contributed by atoms with Gasteiger partial charge < -0.3 is 9.73 Å². The Kier molecular flexibility index (Phi) is 4.63. The Morgan fingerprint density at radius 1 is 1.29 bits per heavy atom. The van der Waals surface area contributed by atoms with E-state index in [0.29, 0.717) is 5.02 Å². The predicted octanol–water partition coefficient (Wildman–Crippen LogP) is 5.43. The average Bonchev–Trinajstić information content (AvgIpc) is 3.13. The number of halogens is 1. The molecule has 2 heterocycles. The second-order valence-corrected chi connectivity index (χ2v) is 6.54. The second kappa shape index (κ2) is 6.65. The van der Waals surface area contributed by atoms with Crippen molar-refractivity contribution in [2.24, 2.45) is 0 Å². The third kappa shape index (κ3) is 3.31. The van der Waals surface area contributed by atoms with E-state index in [0.717, 1.165) is 36.1 Å². The normalized spacial score (nSPS) is 12.9. The van der Waals surface area contributed by atoms with Gasteiger partial charge in [-0.1, -0.05) is 36.7 Å². The van der Waals surface area contributed by atoms with E-state index in [1.807, 2.05) is 18.2 Å². The minimum Gasteiger partial charge on any atom is -0.458 e. The van der Waals surface area contributed by atoms with Crippen molar-refractivity contribution in [1.29, 1.82) is 0 Å². The minimum absolute atomic E-state index is 0.187. The van der Waals surface area contributed by atoms with Gasteiger partial charge in [0.1, 0.15) is 5.76 Å². The van der Waals surface area contributed by atoms with Crippen LogP contribution in [0.3, 0.4) is 0 Å². The maximum atomic E-state index is 6.21. The van der Waals surface area contributed by atoms with E-state index in [2.05, 4.69) is 35.8 Å². The lowest BCUT2D eigenvalue weighted by Crippen LogP contribution is -2.23. The predicted molar refractivity (Wildman–Crippen MR) is 90.3 cm³/mol. The molecule has 0 spiro atoms. The van der Waals surface area contributed by atoms with Gasteiger partial charge in [0.25, 0.3) is 0 Å². The molecule has 0 aliphatic carbocycles. The highest BCUT2D eigenvalue weighted by Gasteiger charge is 2.17.